The second-order valence-corrected chi connectivity index (χ2v) is 11.1. The summed E-state index contributed by atoms with van der Waals surface area (Å²) in [5, 5.41) is 15.4. The second-order valence-electron chi connectivity index (χ2n) is 10.2. The molecule has 3 atom stereocenters. The van der Waals surface area contributed by atoms with Crippen LogP contribution in [0.5, 0.6) is 5.75 Å². The molecular formula is C31H32Cl2F3N4O3-. The van der Waals surface area contributed by atoms with E-state index in [1.54, 1.807) is 55.5 Å². The predicted octanol–water partition coefficient (Wildman–Crippen LogP) is 8.33. The van der Waals surface area contributed by atoms with Gasteiger partial charge in [-0.2, -0.15) is 20.2 Å². The Kier molecular flexibility index (Phi) is 10.6. The molecule has 3 aromatic carbocycles. The molecular weight excluding hydrogens is 604 g/mol. The second kappa shape index (κ2) is 14.0. The first-order chi connectivity index (χ1) is 20.4. The van der Waals surface area contributed by atoms with Crippen molar-refractivity contribution in [2.45, 2.75) is 37.6 Å². The van der Waals surface area contributed by atoms with Crippen LogP contribution in [0.15, 0.2) is 71.7 Å². The minimum atomic E-state index is -4.59. The average molecular weight is 637 g/mol. The lowest BCUT2D eigenvalue weighted by atomic mass is 9.94. The Labute approximate surface area is 258 Å². The SMILES string of the molecule is CCOc1cc(C(F)(F)F)ccc1C1=NC(c2ccc(Cl)cc2)C(c2ccc(Cl)cc2)N1C(=O)O.C[N-]C1CCN(C)C1. The van der Waals surface area contributed by atoms with Crippen LogP contribution >= 0.6 is 23.2 Å². The summed E-state index contributed by atoms with van der Waals surface area (Å²) < 4.78 is 45.5. The molecule has 1 saturated heterocycles. The number of rotatable bonds is 6. The number of amides is 1. The normalized spacial score (nSPS) is 20.4. The van der Waals surface area contributed by atoms with Gasteiger partial charge >= 0.3 is 12.3 Å². The summed E-state index contributed by atoms with van der Waals surface area (Å²) in [6, 6.07) is 15.5. The van der Waals surface area contributed by atoms with Crippen LogP contribution in [-0.2, 0) is 6.18 Å². The van der Waals surface area contributed by atoms with Crippen molar-refractivity contribution in [3.8, 4) is 5.75 Å². The summed E-state index contributed by atoms with van der Waals surface area (Å²) in [6.07, 6.45) is -4.65. The third kappa shape index (κ3) is 7.80. The predicted molar refractivity (Wildman–Crippen MR) is 163 cm³/mol. The molecule has 12 heteroatoms. The zero-order chi connectivity index (χ0) is 31.3. The molecule has 1 amide bonds. The quantitative estimate of drug-likeness (QED) is 0.295. The van der Waals surface area contributed by atoms with E-state index >= 15 is 0 Å². The van der Waals surface area contributed by atoms with Gasteiger partial charge in [0.1, 0.15) is 17.6 Å². The number of hydrogen-bond donors (Lipinski definition) is 1. The first kappa shape index (κ1) is 32.6. The van der Waals surface area contributed by atoms with Crippen LogP contribution in [0.4, 0.5) is 18.0 Å². The Bertz CT molecular complexity index is 1440. The molecule has 0 spiro atoms. The first-order valence-corrected chi connectivity index (χ1v) is 14.4. The van der Waals surface area contributed by atoms with Gasteiger partial charge in [-0.15, -0.1) is 6.04 Å². The number of likely N-dealkylation sites (tertiary alicyclic amines) is 1. The van der Waals surface area contributed by atoms with Crippen molar-refractivity contribution in [3.05, 3.63) is 104 Å². The fourth-order valence-electron chi connectivity index (χ4n) is 5.14. The topological polar surface area (TPSA) is 79.5 Å². The van der Waals surface area contributed by atoms with Crippen LogP contribution in [-0.4, -0.2) is 66.7 Å². The maximum absolute atomic E-state index is 13.3. The van der Waals surface area contributed by atoms with Gasteiger partial charge in [0.15, 0.2) is 0 Å². The Morgan fingerprint density at radius 2 is 1.65 bits per heavy atom. The van der Waals surface area contributed by atoms with Crippen LogP contribution < -0.4 is 4.74 Å². The molecule has 5 rings (SSSR count). The molecule has 1 N–H and O–H groups in total. The van der Waals surface area contributed by atoms with Crippen molar-refractivity contribution in [2.75, 3.05) is 33.8 Å². The average Bonchev–Trinajstić information content (AvgIpc) is 3.58. The molecule has 0 radical (unpaired) electrons. The number of hydrogen-bond acceptors (Lipinski definition) is 4. The van der Waals surface area contributed by atoms with Gasteiger partial charge in [-0.05, 0) is 80.7 Å². The number of carboxylic acid groups (broad SMARTS) is 1. The monoisotopic (exact) mass is 635 g/mol. The molecule has 0 aromatic heterocycles. The summed E-state index contributed by atoms with van der Waals surface area (Å²) in [7, 11) is 4.05. The van der Waals surface area contributed by atoms with E-state index in [0.29, 0.717) is 27.2 Å². The Morgan fingerprint density at radius 1 is 1.05 bits per heavy atom. The van der Waals surface area contributed by atoms with E-state index in [4.69, 9.17) is 32.9 Å². The number of ether oxygens (including phenoxy) is 1. The highest BCUT2D eigenvalue weighted by Gasteiger charge is 2.43. The third-order valence-electron chi connectivity index (χ3n) is 7.28. The van der Waals surface area contributed by atoms with Gasteiger partial charge in [-0.25, -0.2) is 4.79 Å². The molecule has 0 saturated carbocycles. The minimum Gasteiger partial charge on any atom is -0.661 e. The first-order valence-electron chi connectivity index (χ1n) is 13.7. The molecule has 2 heterocycles. The largest absolute Gasteiger partial charge is 0.661 e. The van der Waals surface area contributed by atoms with Crippen molar-refractivity contribution in [2.24, 2.45) is 4.99 Å². The van der Waals surface area contributed by atoms with Crippen molar-refractivity contribution in [1.82, 2.24) is 9.80 Å². The smallest absolute Gasteiger partial charge is 0.416 e. The number of aliphatic imine (C=N–C) groups is 1. The number of amidine groups is 1. The maximum atomic E-state index is 13.3. The number of carbonyl (C=O) groups is 1. The Balaban J connectivity index is 0.000000458. The lowest BCUT2D eigenvalue weighted by Gasteiger charge is -2.27. The van der Waals surface area contributed by atoms with Gasteiger partial charge in [-0.1, -0.05) is 53.9 Å². The van der Waals surface area contributed by atoms with E-state index in [2.05, 4.69) is 17.3 Å². The van der Waals surface area contributed by atoms with E-state index in [1.807, 2.05) is 7.05 Å². The lowest BCUT2D eigenvalue weighted by molar-refractivity contribution is -0.137. The van der Waals surface area contributed by atoms with E-state index in [1.165, 1.54) is 19.0 Å². The molecule has 0 aliphatic carbocycles. The molecule has 2 aliphatic heterocycles. The maximum Gasteiger partial charge on any atom is 0.416 e. The van der Waals surface area contributed by atoms with Crippen LogP contribution in [0.1, 0.15) is 47.7 Å². The van der Waals surface area contributed by atoms with E-state index in [0.717, 1.165) is 23.6 Å². The molecule has 43 heavy (non-hydrogen) atoms. The Morgan fingerprint density at radius 3 is 2.12 bits per heavy atom. The van der Waals surface area contributed by atoms with Gasteiger partial charge in [0, 0.05) is 10.0 Å². The van der Waals surface area contributed by atoms with Crippen molar-refractivity contribution < 1.29 is 27.8 Å². The van der Waals surface area contributed by atoms with Crippen LogP contribution in [0, 0.1) is 0 Å². The van der Waals surface area contributed by atoms with Crippen LogP contribution in [0.25, 0.3) is 5.32 Å². The molecule has 2 aliphatic rings. The molecule has 0 bridgehead atoms. The van der Waals surface area contributed by atoms with Gasteiger partial charge in [-0.3, -0.25) is 9.89 Å². The van der Waals surface area contributed by atoms with Crippen molar-refractivity contribution in [1.29, 1.82) is 0 Å². The zero-order valence-corrected chi connectivity index (χ0v) is 25.4. The Hall–Kier alpha value is -3.31. The fourth-order valence-corrected chi connectivity index (χ4v) is 5.39. The van der Waals surface area contributed by atoms with E-state index in [-0.39, 0.29) is 23.8 Å². The molecule has 3 aromatic rings. The standard InChI is InChI=1S/C25H19Cl2F3N2O3.C6H13N2/c1-2-35-20-13-16(25(28,29)30)7-12-19(20)23-31-21(14-3-8-17(26)9-4-14)22(32(23)24(33)34)15-5-10-18(27)11-6-15;1-7-6-3-4-8(2)5-6/h3-13,21-22H,2H2,1H3,(H,33,34);6H,3-5H2,1-2H3/q;-1. The molecule has 3 unspecified atom stereocenters. The summed E-state index contributed by atoms with van der Waals surface area (Å²) in [6.45, 7) is 4.09. The van der Waals surface area contributed by atoms with Gasteiger partial charge < -0.3 is 20.1 Å². The van der Waals surface area contributed by atoms with Gasteiger partial charge in [0.2, 0.25) is 0 Å². The number of alkyl halides is 3. The molecule has 1 fully saturated rings. The highest BCUT2D eigenvalue weighted by molar-refractivity contribution is 6.30. The van der Waals surface area contributed by atoms with Crippen LogP contribution in [0.3, 0.4) is 0 Å². The van der Waals surface area contributed by atoms with E-state index < -0.39 is 29.9 Å². The van der Waals surface area contributed by atoms with E-state index in [9.17, 15) is 23.1 Å². The third-order valence-corrected chi connectivity index (χ3v) is 7.78. The van der Waals surface area contributed by atoms with Crippen molar-refractivity contribution in [3.63, 3.8) is 0 Å². The highest BCUT2D eigenvalue weighted by atomic mass is 35.5. The van der Waals surface area contributed by atoms with Gasteiger partial charge in [0.25, 0.3) is 0 Å². The fraction of sp³-hybridized carbons (Fsp3) is 0.355. The molecule has 230 valence electrons. The summed E-state index contributed by atoms with van der Waals surface area (Å²) in [5.41, 5.74) is 0.521. The molecule has 7 nitrogen and oxygen atoms in total. The number of halogens is 5. The lowest BCUT2D eigenvalue weighted by Crippen LogP contribution is -2.37. The number of likely N-dealkylation sites (N-methyl/N-ethyl adjacent to an activating group) is 2. The number of benzene rings is 3. The van der Waals surface area contributed by atoms with Crippen molar-refractivity contribution >= 4 is 35.1 Å². The highest BCUT2D eigenvalue weighted by Crippen LogP contribution is 2.45. The number of nitrogens with zero attached hydrogens (tertiary/aromatic N) is 4. The summed E-state index contributed by atoms with van der Waals surface area (Å²) in [5.74, 6) is -0.131. The van der Waals surface area contributed by atoms with Crippen LogP contribution in [0.2, 0.25) is 10.0 Å². The minimum absolute atomic E-state index is 0.0189. The zero-order valence-electron chi connectivity index (χ0n) is 23.9. The van der Waals surface area contributed by atoms with Gasteiger partial charge in [0.05, 0.1) is 23.8 Å². The summed E-state index contributed by atoms with van der Waals surface area (Å²) >= 11 is 12.1. The summed E-state index contributed by atoms with van der Waals surface area (Å²) in [4.78, 5) is 20.6.